The summed E-state index contributed by atoms with van der Waals surface area (Å²) in [7, 11) is 0. The van der Waals surface area contributed by atoms with Gasteiger partial charge in [-0.2, -0.15) is 0 Å². The molecular formula is C12H14N2. The van der Waals surface area contributed by atoms with E-state index in [1.54, 1.807) is 0 Å². The van der Waals surface area contributed by atoms with Crippen molar-refractivity contribution in [2.45, 2.75) is 20.3 Å². The fourth-order valence-corrected chi connectivity index (χ4v) is 1.56. The molecule has 1 N–H and O–H groups in total. The van der Waals surface area contributed by atoms with E-state index in [1.165, 1.54) is 11.3 Å². The van der Waals surface area contributed by atoms with E-state index < -0.39 is 0 Å². The van der Waals surface area contributed by atoms with Crippen LogP contribution in [0.15, 0.2) is 40.5 Å². The van der Waals surface area contributed by atoms with E-state index in [4.69, 9.17) is 0 Å². The highest BCUT2D eigenvalue weighted by molar-refractivity contribution is 5.87. The van der Waals surface area contributed by atoms with Crippen LogP contribution in [0.4, 0.5) is 11.4 Å². The Morgan fingerprint density at radius 2 is 2.07 bits per heavy atom. The van der Waals surface area contributed by atoms with E-state index in [-0.39, 0.29) is 0 Å². The van der Waals surface area contributed by atoms with E-state index >= 15 is 0 Å². The van der Waals surface area contributed by atoms with Crippen LogP contribution in [0, 0.1) is 0 Å². The number of nitrogens with one attached hydrogen (secondary N) is 1. The van der Waals surface area contributed by atoms with Crippen LogP contribution in [-0.4, -0.2) is 6.21 Å². The van der Waals surface area contributed by atoms with Crippen LogP contribution >= 0.6 is 0 Å². The van der Waals surface area contributed by atoms with Crippen LogP contribution in [0.2, 0.25) is 0 Å². The molecule has 1 aliphatic rings. The second kappa shape index (κ2) is 3.66. The lowest BCUT2D eigenvalue weighted by Crippen LogP contribution is -2.00. The Kier molecular flexibility index (Phi) is 2.35. The van der Waals surface area contributed by atoms with Gasteiger partial charge in [-0.1, -0.05) is 19.1 Å². The van der Waals surface area contributed by atoms with Crippen molar-refractivity contribution in [3.05, 3.63) is 35.5 Å². The maximum atomic E-state index is 4.42. The third-order valence-corrected chi connectivity index (χ3v) is 2.42. The summed E-state index contributed by atoms with van der Waals surface area (Å²) in [5.74, 6) is 0. The average Bonchev–Trinajstić information content (AvgIpc) is 2.38. The zero-order valence-electron chi connectivity index (χ0n) is 8.54. The number of nitrogens with zero attached hydrogens (tertiary/aromatic N) is 1. The number of hydrogen-bond donors (Lipinski definition) is 1. The zero-order chi connectivity index (χ0) is 9.97. The zero-order valence-corrected chi connectivity index (χ0v) is 8.54. The van der Waals surface area contributed by atoms with Gasteiger partial charge in [0.25, 0.3) is 0 Å². The molecule has 1 aliphatic heterocycles. The second-order valence-electron chi connectivity index (χ2n) is 3.42. The van der Waals surface area contributed by atoms with Crippen molar-refractivity contribution in [3.8, 4) is 0 Å². The maximum absolute atomic E-state index is 4.42. The van der Waals surface area contributed by atoms with Gasteiger partial charge in [0.2, 0.25) is 0 Å². The summed E-state index contributed by atoms with van der Waals surface area (Å²) < 4.78 is 0. The lowest BCUT2D eigenvalue weighted by atomic mass is 10.2. The van der Waals surface area contributed by atoms with Gasteiger partial charge in [-0.05, 0) is 31.1 Å². The van der Waals surface area contributed by atoms with Gasteiger partial charge in [0, 0.05) is 11.9 Å². The lowest BCUT2D eigenvalue weighted by molar-refractivity contribution is 1.09. The van der Waals surface area contributed by atoms with Crippen LogP contribution < -0.4 is 5.32 Å². The van der Waals surface area contributed by atoms with Gasteiger partial charge >= 0.3 is 0 Å². The summed E-state index contributed by atoms with van der Waals surface area (Å²) in [6.07, 6.45) is 2.93. The first-order valence-electron chi connectivity index (χ1n) is 4.91. The largest absolute Gasteiger partial charge is 0.357 e. The summed E-state index contributed by atoms with van der Waals surface area (Å²) in [4.78, 5) is 4.42. The third-order valence-electron chi connectivity index (χ3n) is 2.42. The van der Waals surface area contributed by atoms with Gasteiger partial charge in [-0.15, -0.1) is 0 Å². The first-order valence-corrected chi connectivity index (χ1v) is 4.91. The van der Waals surface area contributed by atoms with E-state index in [0.717, 1.165) is 17.8 Å². The molecule has 1 aromatic carbocycles. The molecule has 0 saturated carbocycles. The standard InChI is InChI=1S/C12H14N2/c1-3-10-9(2)8-13-11-6-4-5-7-12(11)14-10/h4-8,14H,3H2,1-2H3. The predicted molar refractivity (Wildman–Crippen MR) is 61.2 cm³/mol. The van der Waals surface area contributed by atoms with Gasteiger partial charge in [0.05, 0.1) is 11.4 Å². The van der Waals surface area contributed by atoms with Gasteiger partial charge < -0.3 is 5.32 Å². The molecule has 2 heteroatoms. The van der Waals surface area contributed by atoms with Gasteiger partial charge in [0.1, 0.15) is 0 Å². The fourth-order valence-electron chi connectivity index (χ4n) is 1.56. The molecule has 0 saturated heterocycles. The summed E-state index contributed by atoms with van der Waals surface area (Å²) in [5, 5.41) is 3.41. The molecular weight excluding hydrogens is 172 g/mol. The molecule has 0 spiro atoms. The summed E-state index contributed by atoms with van der Waals surface area (Å²) in [6.45, 7) is 4.23. The molecule has 14 heavy (non-hydrogen) atoms. The van der Waals surface area contributed by atoms with E-state index in [1.807, 2.05) is 24.4 Å². The van der Waals surface area contributed by atoms with Gasteiger partial charge in [-0.3, -0.25) is 4.99 Å². The Bertz CT molecular complexity index is 403. The number of rotatable bonds is 1. The minimum Gasteiger partial charge on any atom is -0.357 e. The molecule has 0 aliphatic carbocycles. The van der Waals surface area contributed by atoms with Crippen LogP contribution in [0.3, 0.4) is 0 Å². The average molecular weight is 186 g/mol. The Morgan fingerprint density at radius 3 is 2.86 bits per heavy atom. The fraction of sp³-hybridized carbons (Fsp3) is 0.250. The highest BCUT2D eigenvalue weighted by Crippen LogP contribution is 2.28. The van der Waals surface area contributed by atoms with Crippen LogP contribution in [0.1, 0.15) is 20.3 Å². The Hall–Kier alpha value is -1.57. The number of aliphatic imine (C=N–C) groups is 1. The second-order valence-corrected chi connectivity index (χ2v) is 3.42. The minimum atomic E-state index is 1.01. The maximum Gasteiger partial charge on any atom is 0.0864 e. The highest BCUT2D eigenvalue weighted by Gasteiger charge is 2.06. The van der Waals surface area contributed by atoms with Gasteiger partial charge in [0.15, 0.2) is 0 Å². The van der Waals surface area contributed by atoms with E-state index in [9.17, 15) is 0 Å². The predicted octanol–water partition coefficient (Wildman–Crippen LogP) is 3.50. The Morgan fingerprint density at radius 1 is 1.29 bits per heavy atom. The summed E-state index contributed by atoms with van der Waals surface area (Å²) in [6, 6.07) is 8.10. The topological polar surface area (TPSA) is 24.4 Å². The van der Waals surface area contributed by atoms with Crippen molar-refractivity contribution in [2.24, 2.45) is 4.99 Å². The lowest BCUT2D eigenvalue weighted by Gasteiger charge is -2.09. The van der Waals surface area contributed by atoms with Crippen molar-refractivity contribution in [3.63, 3.8) is 0 Å². The highest BCUT2D eigenvalue weighted by atomic mass is 14.9. The number of anilines is 1. The number of para-hydroxylation sites is 2. The molecule has 0 atom stereocenters. The number of allylic oxidation sites excluding steroid dienone is 2. The summed E-state index contributed by atoms with van der Waals surface area (Å²) in [5.41, 5.74) is 4.56. The molecule has 1 heterocycles. The quantitative estimate of drug-likeness (QED) is 0.713. The molecule has 72 valence electrons. The van der Waals surface area contributed by atoms with Crippen molar-refractivity contribution in [2.75, 3.05) is 5.32 Å². The van der Waals surface area contributed by atoms with E-state index in [2.05, 4.69) is 30.2 Å². The molecule has 0 amide bonds. The number of fused-ring (bicyclic) bond motifs is 1. The molecule has 2 rings (SSSR count). The molecule has 1 aromatic rings. The van der Waals surface area contributed by atoms with E-state index in [0.29, 0.717) is 0 Å². The monoisotopic (exact) mass is 186 g/mol. The van der Waals surface area contributed by atoms with Crippen molar-refractivity contribution >= 4 is 17.6 Å². The van der Waals surface area contributed by atoms with Crippen molar-refractivity contribution in [1.82, 2.24) is 0 Å². The van der Waals surface area contributed by atoms with Crippen molar-refractivity contribution < 1.29 is 0 Å². The molecule has 0 fully saturated rings. The molecule has 0 aromatic heterocycles. The Labute approximate surface area is 84.4 Å². The molecule has 2 nitrogen and oxygen atoms in total. The van der Waals surface area contributed by atoms with Crippen LogP contribution in [0.25, 0.3) is 0 Å². The molecule has 0 radical (unpaired) electrons. The SMILES string of the molecule is CCC1=C(C)C=Nc2ccccc2N1. The van der Waals surface area contributed by atoms with Crippen LogP contribution in [-0.2, 0) is 0 Å². The van der Waals surface area contributed by atoms with Gasteiger partial charge in [-0.25, -0.2) is 0 Å². The van der Waals surface area contributed by atoms with Crippen molar-refractivity contribution in [1.29, 1.82) is 0 Å². The van der Waals surface area contributed by atoms with Crippen LogP contribution in [0.5, 0.6) is 0 Å². The first-order chi connectivity index (χ1) is 6.81. The number of hydrogen-bond acceptors (Lipinski definition) is 2. The third kappa shape index (κ3) is 1.55. The Balaban J connectivity index is 2.46. The first kappa shape index (κ1) is 9.00. The normalized spacial score (nSPS) is 14.7. The summed E-state index contributed by atoms with van der Waals surface area (Å²) >= 11 is 0. The smallest absolute Gasteiger partial charge is 0.0864 e. The molecule has 0 unspecified atom stereocenters. The number of benzene rings is 1. The molecule has 0 bridgehead atoms. The minimum absolute atomic E-state index is 1.01.